The van der Waals surface area contributed by atoms with Gasteiger partial charge in [-0.15, -0.1) is 0 Å². The zero-order valence-electron chi connectivity index (χ0n) is 9.52. The van der Waals surface area contributed by atoms with Crippen LogP contribution in [0.4, 0.5) is 0 Å². The van der Waals surface area contributed by atoms with Crippen LogP contribution in [0.1, 0.15) is 39.0 Å². The van der Waals surface area contributed by atoms with Crippen LogP contribution in [0.15, 0.2) is 0 Å². The summed E-state index contributed by atoms with van der Waals surface area (Å²) in [5, 5.41) is 3.39. The maximum absolute atomic E-state index is 3.39. The zero-order valence-corrected chi connectivity index (χ0v) is 9.52. The maximum atomic E-state index is 3.39. The summed E-state index contributed by atoms with van der Waals surface area (Å²) < 4.78 is 0. The van der Waals surface area contributed by atoms with Gasteiger partial charge in [0.15, 0.2) is 0 Å². The molecule has 0 aliphatic carbocycles. The summed E-state index contributed by atoms with van der Waals surface area (Å²) in [6.07, 6.45) is 7.20. The topological polar surface area (TPSA) is 15.3 Å². The first-order valence-electron chi connectivity index (χ1n) is 6.22. The molecule has 0 aromatic heterocycles. The zero-order chi connectivity index (χ0) is 9.86. The van der Waals surface area contributed by atoms with E-state index in [4.69, 9.17) is 0 Å². The van der Waals surface area contributed by atoms with Crippen molar-refractivity contribution in [1.29, 1.82) is 0 Å². The first-order valence-corrected chi connectivity index (χ1v) is 6.22. The lowest BCUT2D eigenvalue weighted by atomic mass is 9.83. The molecule has 14 heavy (non-hydrogen) atoms. The molecule has 2 saturated heterocycles. The van der Waals surface area contributed by atoms with E-state index in [2.05, 4.69) is 17.1 Å². The number of nitrogens with one attached hydrogen (secondary N) is 1. The smallest absolute Gasteiger partial charge is 0.00597 e. The summed E-state index contributed by atoms with van der Waals surface area (Å²) in [7, 11) is 0. The standard InChI is InChI=1S/C12H24N2/c1-12(9-13-10-12)11-14-7-5-3-2-4-6-8-14/h13H,2-11H2,1H3. The summed E-state index contributed by atoms with van der Waals surface area (Å²) in [6, 6.07) is 0. The third-order valence-corrected chi connectivity index (χ3v) is 3.66. The Kier molecular flexibility index (Phi) is 3.45. The lowest BCUT2D eigenvalue weighted by Crippen LogP contribution is -2.57. The highest BCUT2D eigenvalue weighted by atomic mass is 15.2. The molecule has 2 aliphatic heterocycles. The van der Waals surface area contributed by atoms with Gasteiger partial charge in [-0.05, 0) is 25.9 Å². The molecule has 82 valence electrons. The molecule has 2 aliphatic rings. The molecule has 2 heterocycles. The van der Waals surface area contributed by atoms with Gasteiger partial charge in [0.25, 0.3) is 0 Å². The average molecular weight is 196 g/mol. The fourth-order valence-corrected chi connectivity index (χ4v) is 2.67. The van der Waals surface area contributed by atoms with E-state index in [9.17, 15) is 0 Å². The molecule has 0 atom stereocenters. The molecule has 2 nitrogen and oxygen atoms in total. The Hall–Kier alpha value is -0.0800. The van der Waals surface area contributed by atoms with Crippen molar-refractivity contribution < 1.29 is 0 Å². The molecule has 0 saturated carbocycles. The number of nitrogens with zero attached hydrogens (tertiary/aromatic N) is 1. The summed E-state index contributed by atoms with van der Waals surface area (Å²) >= 11 is 0. The van der Waals surface area contributed by atoms with E-state index in [1.54, 1.807) is 0 Å². The molecule has 2 rings (SSSR count). The minimum absolute atomic E-state index is 0.583. The fourth-order valence-electron chi connectivity index (χ4n) is 2.67. The first kappa shape index (κ1) is 10.4. The van der Waals surface area contributed by atoms with Crippen LogP contribution in [0.25, 0.3) is 0 Å². The Morgan fingerprint density at radius 2 is 1.57 bits per heavy atom. The van der Waals surface area contributed by atoms with Crippen molar-refractivity contribution >= 4 is 0 Å². The molecule has 0 radical (unpaired) electrons. The number of likely N-dealkylation sites (tertiary alicyclic amines) is 1. The van der Waals surface area contributed by atoms with Gasteiger partial charge in [-0.25, -0.2) is 0 Å². The van der Waals surface area contributed by atoms with Crippen molar-refractivity contribution in [2.75, 3.05) is 32.7 Å². The van der Waals surface area contributed by atoms with Crippen LogP contribution in [0, 0.1) is 5.41 Å². The number of hydrogen-bond acceptors (Lipinski definition) is 2. The third-order valence-electron chi connectivity index (χ3n) is 3.66. The van der Waals surface area contributed by atoms with Gasteiger partial charge in [-0.1, -0.05) is 26.2 Å². The first-order chi connectivity index (χ1) is 6.79. The van der Waals surface area contributed by atoms with Crippen molar-refractivity contribution in [2.24, 2.45) is 5.41 Å². The molecule has 0 bridgehead atoms. The SMILES string of the molecule is CC1(CN2CCCCCCC2)CNC1. The largest absolute Gasteiger partial charge is 0.315 e. The van der Waals surface area contributed by atoms with E-state index in [0.717, 1.165) is 0 Å². The minimum atomic E-state index is 0.583. The molecule has 2 fully saturated rings. The normalized spacial score (nSPS) is 28.9. The second kappa shape index (κ2) is 4.63. The number of hydrogen-bond donors (Lipinski definition) is 1. The maximum Gasteiger partial charge on any atom is 0.00597 e. The Morgan fingerprint density at radius 3 is 2.07 bits per heavy atom. The summed E-state index contributed by atoms with van der Waals surface area (Å²) in [5.74, 6) is 0. The highest BCUT2D eigenvalue weighted by Crippen LogP contribution is 2.24. The molecule has 0 unspecified atom stereocenters. The van der Waals surface area contributed by atoms with Crippen LogP contribution in [0.2, 0.25) is 0 Å². The lowest BCUT2D eigenvalue weighted by Gasteiger charge is -2.43. The van der Waals surface area contributed by atoms with E-state index in [1.165, 1.54) is 64.8 Å². The Labute approximate surface area is 88.1 Å². The second-order valence-electron chi connectivity index (χ2n) is 5.46. The lowest BCUT2D eigenvalue weighted by molar-refractivity contribution is 0.102. The highest BCUT2D eigenvalue weighted by Gasteiger charge is 2.33. The predicted octanol–water partition coefficient (Wildman–Crippen LogP) is 1.86. The molecular formula is C12H24N2. The van der Waals surface area contributed by atoms with E-state index in [0.29, 0.717) is 5.41 Å². The van der Waals surface area contributed by atoms with Crippen molar-refractivity contribution in [3.8, 4) is 0 Å². The van der Waals surface area contributed by atoms with Gasteiger partial charge in [0.05, 0.1) is 0 Å². The number of rotatable bonds is 2. The monoisotopic (exact) mass is 196 g/mol. The van der Waals surface area contributed by atoms with Crippen LogP contribution in [-0.2, 0) is 0 Å². The van der Waals surface area contributed by atoms with Gasteiger partial charge in [-0.2, -0.15) is 0 Å². The van der Waals surface area contributed by atoms with E-state index in [-0.39, 0.29) is 0 Å². The highest BCUT2D eigenvalue weighted by molar-refractivity contribution is 4.90. The Morgan fingerprint density at radius 1 is 1.00 bits per heavy atom. The summed E-state index contributed by atoms with van der Waals surface area (Å²) in [6.45, 7) is 8.88. The van der Waals surface area contributed by atoms with Gasteiger partial charge in [-0.3, -0.25) is 0 Å². The Bertz CT molecular complexity index is 167. The average Bonchev–Trinajstić information content (AvgIpc) is 2.07. The predicted molar refractivity (Wildman–Crippen MR) is 60.5 cm³/mol. The molecular weight excluding hydrogens is 172 g/mol. The van der Waals surface area contributed by atoms with E-state index >= 15 is 0 Å². The van der Waals surface area contributed by atoms with Gasteiger partial charge < -0.3 is 10.2 Å². The van der Waals surface area contributed by atoms with Crippen LogP contribution >= 0.6 is 0 Å². The molecule has 1 N–H and O–H groups in total. The summed E-state index contributed by atoms with van der Waals surface area (Å²) in [5.41, 5.74) is 0.583. The Balaban J connectivity index is 1.76. The van der Waals surface area contributed by atoms with E-state index in [1.807, 2.05) is 0 Å². The van der Waals surface area contributed by atoms with Crippen LogP contribution in [0.5, 0.6) is 0 Å². The molecule has 0 aromatic rings. The van der Waals surface area contributed by atoms with E-state index < -0.39 is 0 Å². The quantitative estimate of drug-likeness (QED) is 0.725. The second-order valence-corrected chi connectivity index (χ2v) is 5.46. The summed E-state index contributed by atoms with van der Waals surface area (Å²) in [4.78, 5) is 2.69. The minimum Gasteiger partial charge on any atom is -0.315 e. The van der Waals surface area contributed by atoms with Gasteiger partial charge in [0, 0.05) is 25.0 Å². The van der Waals surface area contributed by atoms with Gasteiger partial charge >= 0.3 is 0 Å². The van der Waals surface area contributed by atoms with Crippen molar-refractivity contribution in [3.63, 3.8) is 0 Å². The van der Waals surface area contributed by atoms with Gasteiger partial charge in [0.2, 0.25) is 0 Å². The van der Waals surface area contributed by atoms with Crippen molar-refractivity contribution in [3.05, 3.63) is 0 Å². The van der Waals surface area contributed by atoms with Crippen LogP contribution < -0.4 is 5.32 Å². The molecule has 0 aromatic carbocycles. The third kappa shape index (κ3) is 2.71. The van der Waals surface area contributed by atoms with Crippen LogP contribution in [-0.4, -0.2) is 37.6 Å². The van der Waals surface area contributed by atoms with Crippen LogP contribution in [0.3, 0.4) is 0 Å². The molecule has 0 spiro atoms. The molecule has 0 amide bonds. The van der Waals surface area contributed by atoms with Gasteiger partial charge in [0.1, 0.15) is 0 Å². The fraction of sp³-hybridized carbons (Fsp3) is 1.00. The molecule has 2 heteroatoms. The van der Waals surface area contributed by atoms with Crippen molar-refractivity contribution in [1.82, 2.24) is 10.2 Å². The van der Waals surface area contributed by atoms with Crippen molar-refractivity contribution in [2.45, 2.75) is 39.0 Å².